The average Bonchev–Trinajstić information content (AvgIpc) is 3.53. The van der Waals surface area contributed by atoms with Gasteiger partial charge in [0.05, 0.1) is 17.9 Å². The van der Waals surface area contributed by atoms with Crippen molar-refractivity contribution in [3.63, 3.8) is 0 Å². The first-order valence-corrected chi connectivity index (χ1v) is 11.9. The van der Waals surface area contributed by atoms with Crippen LogP contribution in [0, 0.1) is 0 Å². The maximum absolute atomic E-state index is 13.4. The predicted molar refractivity (Wildman–Crippen MR) is 134 cm³/mol. The molecule has 0 radical (unpaired) electrons. The Labute approximate surface area is 210 Å². The molecule has 0 aliphatic carbocycles. The monoisotopic (exact) mass is 503 g/mol. The number of halogens is 2. The first-order valence-electron chi connectivity index (χ1n) is 11.9. The van der Waals surface area contributed by atoms with Crippen LogP contribution in [0.25, 0.3) is 27.7 Å². The molecule has 1 aliphatic heterocycles. The van der Waals surface area contributed by atoms with E-state index in [1.54, 1.807) is 41.5 Å². The second-order valence-corrected chi connectivity index (χ2v) is 8.85. The summed E-state index contributed by atoms with van der Waals surface area (Å²) in [6, 6.07) is 12.5. The Hall–Kier alpha value is -4.38. The lowest BCUT2D eigenvalue weighted by atomic mass is 10.0. The van der Waals surface area contributed by atoms with E-state index in [2.05, 4.69) is 20.7 Å². The number of nitrogens with one attached hydrogen (secondary N) is 2. The van der Waals surface area contributed by atoms with Crippen LogP contribution in [0.3, 0.4) is 0 Å². The zero-order valence-corrected chi connectivity index (χ0v) is 19.6. The van der Waals surface area contributed by atoms with Crippen LogP contribution >= 0.6 is 0 Å². The van der Waals surface area contributed by atoms with E-state index in [4.69, 9.17) is 9.84 Å². The van der Waals surface area contributed by atoms with Gasteiger partial charge in [-0.05, 0) is 48.4 Å². The van der Waals surface area contributed by atoms with Gasteiger partial charge in [0.15, 0.2) is 5.65 Å². The summed E-state index contributed by atoms with van der Waals surface area (Å²) in [7, 11) is 0. The van der Waals surface area contributed by atoms with Crippen LogP contribution in [0.15, 0.2) is 67.3 Å². The SMILES string of the molecule is O=C(Nc1cn(C2CCCNC2)nc1-c1cc2ccccc2cc1OC(F)F)c1cnn2cccnc12. The molecule has 2 aromatic carbocycles. The minimum absolute atomic E-state index is 0.0196. The largest absolute Gasteiger partial charge is 0.434 e. The lowest BCUT2D eigenvalue weighted by Gasteiger charge is -2.22. The highest BCUT2D eigenvalue weighted by atomic mass is 19.3. The average molecular weight is 504 g/mol. The van der Waals surface area contributed by atoms with Gasteiger partial charge in [-0.3, -0.25) is 9.48 Å². The van der Waals surface area contributed by atoms with Crippen LogP contribution in [0.2, 0.25) is 0 Å². The second kappa shape index (κ2) is 9.58. The second-order valence-electron chi connectivity index (χ2n) is 8.85. The number of alkyl halides is 2. The van der Waals surface area contributed by atoms with Gasteiger partial charge in [0, 0.05) is 30.7 Å². The highest BCUT2D eigenvalue weighted by molar-refractivity contribution is 6.09. The van der Waals surface area contributed by atoms with Crippen LogP contribution in [0.1, 0.15) is 29.2 Å². The van der Waals surface area contributed by atoms with Gasteiger partial charge in [0.1, 0.15) is 17.0 Å². The van der Waals surface area contributed by atoms with Gasteiger partial charge in [-0.25, -0.2) is 9.50 Å². The van der Waals surface area contributed by atoms with Gasteiger partial charge in [-0.2, -0.15) is 19.0 Å². The molecule has 37 heavy (non-hydrogen) atoms. The summed E-state index contributed by atoms with van der Waals surface area (Å²) in [6.45, 7) is -1.38. The van der Waals surface area contributed by atoms with E-state index in [1.807, 2.05) is 24.3 Å². The molecule has 0 bridgehead atoms. The Kier molecular flexibility index (Phi) is 5.97. The molecule has 1 unspecified atom stereocenters. The Morgan fingerprint density at radius 1 is 1.19 bits per heavy atom. The molecule has 0 spiro atoms. The van der Waals surface area contributed by atoms with E-state index in [9.17, 15) is 13.6 Å². The number of nitrogens with zero attached hydrogens (tertiary/aromatic N) is 5. The van der Waals surface area contributed by atoms with Crippen molar-refractivity contribution in [1.29, 1.82) is 0 Å². The van der Waals surface area contributed by atoms with Gasteiger partial charge in [-0.15, -0.1) is 0 Å². The molecule has 1 amide bonds. The van der Waals surface area contributed by atoms with Crippen LogP contribution in [-0.2, 0) is 0 Å². The molecular formula is C26H23F2N7O2. The van der Waals surface area contributed by atoms with Gasteiger partial charge in [0.2, 0.25) is 0 Å². The zero-order chi connectivity index (χ0) is 25.4. The predicted octanol–water partition coefficient (Wildman–Crippen LogP) is 4.52. The number of ether oxygens (including phenoxy) is 1. The van der Waals surface area contributed by atoms with Crippen molar-refractivity contribution in [2.75, 3.05) is 18.4 Å². The quantitative estimate of drug-likeness (QED) is 0.354. The van der Waals surface area contributed by atoms with Crippen molar-refractivity contribution in [1.82, 2.24) is 29.7 Å². The molecule has 1 saturated heterocycles. The Balaban J connectivity index is 1.46. The molecule has 9 nitrogen and oxygen atoms in total. The topological polar surface area (TPSA) is 98.4 Å². The van der Waals surface area contributed by atoms with Crippen LogP contribution in [0.5, 0.6) is 5.75 Å². The fraction of sp³-hybridized carbons (Fsp3) is 0.231. The van der Waals surface area contributed by atoms with E-state index in [1.165, 1.54) is 10.7 Å². The summed E-state index contributed by atoms with van der Waals surface area (Å²) in [5.74, 6) is -0.456. The maximum Gasteiger partial charge on any atom is 0.387 e. The molecule has 1 aliphatic rings. The third kappa shape index (κ3) is 4.49. The van der Waals surface area contributed by atoms with E-state index >= 15 is 0 Å². The van der Waals surface area contributed by atoms with Crippen molar-refractivity contribution in [2.45, 2.75) is 25.5 Å². The normalized spacial score (nSPS) is 15.9. The number of anilines is 1. The summed E-state index contributed by atoms with van der Waals surface area (Å²) in [6.07, 6.45) is 8.33. The van der Waals surface area contributed by atoms with E-state index in [0.717, 1.165) is 30.2 Å². The number of benzene rings is 2. The smallest absolute Gasteiger partial charge is 0.387 e. The molecule has 3 aromatic heterocycles. The number of hydrogen-bond acceptors (Lipinski definition) is 6. The number of aromatic nitrogens is 5. The lowest BCUT2D eigenvalue weighted by molar-refractivity contribution is -0.0493. The van der Waals surface area contributed by atoms with Gasteiger partial charge in [-0.1, -0.05) is 24.3 Å². The molecule has 188 valence electrons. The van der Waals surface area contributed by atoms with E-state index < -0.39 is 12.5 Å². The third-order valence-corrected chi connectivity index (χ3v) is 6.47. The Morgan fingerprint density at radius 2 is 2.03 bits per heavy atom. The molecule has 0 saturated carbocycles. The minimum Gasteiger partial charge on any atom is -0.434 e. The van der Waals surface area contributed by atoms with Crippen molar-refractivity contribution in [2.24, 2.45) is 0 Å². The number of carbonyl (C=O) groups excluding carboxylic acids is 1. The zero-order valence-electron chi connectivity index (χ0n) is 19.6. The molecule has 2 N–H and O–H groups in total. The first-order chi connectivity index (χ1) is 18.1. The van der Waals surface area contributed by atoms with Crippen molar-refractivity contribution >= 4 is 28.0 Å². The number of piperidine rings is 1. The maximum atomic E-state index is 13.4. The molecule has 6 rings (SSSR count). The highest BCUT2D eigenvalue weighted by Crippen LogP contribution is 2.39. The third-order valence-electron chi connectivity index (χ3n) is 6.47. The Bertz CT molecular complexity index is 1590. The summed E-state index contributed by atoms with van der Waals surface area (Å²) < 4.78 is 35.0. The number of rotatable bonds is 6. The molecule has 5 aromatic rings. The van der Waals surface area contributed by atoms with Crippen LogP contribution < -0.4 is 15.4 Å². The molecule has 4 heterocycles. The molecule has 1 atom stereocenters. The number of carbonyl (C=O) groups is 1. The fourth-order valence-corrected chi connectivity index (χ4v) is 4.70. The Morgan fingerprint density at radius 3 is 2.81 bits per heavy atom. The summed E-state index contributed by atoms with van der Waals surface area (Å²) >= 11 is 0. The lowest BCUT2D eigenvalue weighted by Crippen LogP contribution is -2.31. The molecule has 1 fully saturated rings. The minimum atomic E-state index is -3.02. The van der Waals surface area contributed by atoms with Gasteiger partial charge < -0.3 is 15.4 Å². The van der Waals surface area contributed by atoms with Gasteiger partial charge in [0.25, 0.3) is 5.91 Å². The number of amides is 1. The van der Waals surface area contributed by atoms with Crippen LogP contribution in [-0.4, -0.2) is 50.0 Å². The summed E-state index contributed by atoms with van der Waals surface area (Å²) in [5.41, 5.74) is 1.75. The van der Waals surface area contributed by atoms with Crippen LogP contribution in [0.4, 0.5) is 14.5 Å². The van der Waals surface area contributed by atoms with E-state index in [-0.39, 0.29) is 17.4 Å². The molecular weight excluding hydrogens is 480 g/mol. The standard InChI is InChI=1S/C26H23F2N7O2/c27-26(28)37-22-12-17-6-2-1-5-16(17)11-19(22)23-21(15-35(33-23)18-7-3-8-29-13-18)32-25(36)20-14-31-34-10-4-9-30-24(20)34/h1-2,4-6,9-12,14-15,18,26,29H,3,7-8,13H2,(H,32,36). The van der Waals surface area contributed by atoms with Gasteiger partial charge >= 0.3 is 6.61 Å². The van der Waals surface area contributed by atoms with Crippen molar-refractivity contribution in [3.05, 3.63) is 72.8 Å². The fourth-order valence-electron chi connectivity index (χ4n) is 4.70. The van der Waals surface area contributed by atoms with Crippen molar-refractivity contribution < 1.29 is 18.3 Å². The number of fused-ring (bicyclic) bond motifs is 2. The highest BCUT2D eigenvalue weighted by Gasteiger charge is 2.25. The summed E-state index contributed by atoms with van der Waals surface area (Å²) in [5, 5.41) is 16.8. The molecule has 11 heteroatoms. The van der Waals surface area contributed by atoms with E-state index in [0.29, 0.717) is 29.1 Å². The number of hydrogen-bond donors (Lipinski definition) is 2. The first kappa shape index (κ1) is 23.0. The summed E-state index contributed by atoms with van der Waals surface area (Å²) in [4.78, 5) is 17.6. The van der Waals surface area contributed by atoms with Crippen molar-refractivity contribution in [3.8, 4) is 17.0 Å².